The fourth-order valence-corrected chi connectivity index (χ4v) is 2.57. The summed E-state index contributed by atoms with van der Waals surface area (Å²) in [4.78, 5) is 0. The van der Waals surface area contributed by atoms with E-state index in [2.05, 4.69) is 10.2 Å². The maximum absolute atomic E-state index is 10.5. The van der Waals surface area contributed by atoms with E-state index in [9.17, 15) is 4.21 Å². The highest BCUT2D eigenvalue weighted by atomic mass is 32.2. The zero-order valence-electron chi connectivity index (χ0n) is 8.37. The Morgan fingerprint density at radius 1 is 1.25 bits per heavy atom. The minimum Gasteiger partial charge on any atom is -0.306 e. The molecule has 1 unspecified atom stereocenters. The lowest BCUT2D eigenvalue weighted by Gasteiger charge is -1.92. The molecule has 0 bridgehead atoms. The highest BCUT2D eigenvalue weighted by Gasteiger charge is 2.06. The molecule has 0 amide bonds. The predicted octanol–water partition coefficient (Wildman–Crippen LogP) is 1.97. The molecule has 0 aliphatic carbocycles. The van der Waals surface area contributed by atoms with Gasteiger partial charge < -0.3 is 4.55 Å². The van der Waals surface area contributed by atoms with Crippen LogP contribution in [0.5, 0.6) is 0 Å². The van der Waals surface area contributed by atoms with Gasteiger partial charge in [-0.3, -0.25) is 0 Å². The first-order valence-corrected chi connectivity index (χ1v) is 6.80. The SMILES string of the molecule is O=S(O)CCc1nnc(-c2ccccc2)s1. The van der Waals surface area contributed by atoms with Crippen molar-refractivity contribution in [3.8, 4) is 10.6 Å². The average Bonchev–Trinajstić information content (AvgIpc) is 2.76. The summed E-state index contributed by atoms with van der Waals surface area (Å²) in [6.45, 7) is 0. The normalized spacial score (nSPS) is 12.6. The summed E-state index contributed by atoms with van der Waals surface area (Å²) in [6, 6.07) is 9.77. The van der Waals surface area contributed by atoms with E-state index >= 15 is 0 Å². The Labute approximate surface area is 99.6 Å². The number of nitrogens with zero attached hydrogens (tertiary/aromatic N) is 2. The van der Waals surface area contributed by atoms with Gasteiger partial charge in [0.2, 0.25) is 0 Å². The molecule has 1 heterocycles. The Morgan fingerprint density at radius 2 is 2.00 bits per heavy atom. The Balaban J connectivity index is 2.11. The van der Waals surface area contributed by atoms with Gasteiger partial charge in [0.25, 0.3) is 0 Å². The summed E-state index contributed by atoms with van der Waals surface area (Å²) < 4.78 is 19.2. The van der Waals surface area contributed by atoms with Crippen molar-refractivity contribution in [2.75, 3.05) is 5.75 Å². The highest BCUT2D eigenvalue weighted by molar-refractivity contribution is 7.79. The first-order valence-electron chi connectivity index (χ1n) is 4.71. The molecular weight excluding hydrogens is 244 g/mol. The van der Waals surface area contributed by atoms with Gasteiger partial charge in [-0.25, -0.2) is 4.21 Å². The second-order valence-electron chi connectivity index (χ2n) is 3.14. The first kappa shape index (κ1) is 11.4. The maximum Gasteiger partial charge on any atom is 0.153 e. The number of hydrogen-bond acceptors (Lipinski definition) is 4. The van der Waals surface area contributed by atoms with Gasteiger partial charge in [-0.05, 0) is 0 Å². The van der Waals surface area contributed by atoms with Crippen molar-refractivity contribution in [3.63, 3.8) is 0 Å². The number of aromatic nitrogens is 2. The van der Waals surface area contributed by atoms with Gasteiger partial charge in [0.05, 0.1) is 5.75 Å². The maximum atomic E-state index is 10.5. The smallest absolute Gasteiger partial charge is 0.153 e. The molecule has 1 aromatic heterocycles. The van der Waals surface area contributed by atoms with Crippen molar-refractivity contribution in [1.29, 1.82) is 0 Å². The van der Waals surface area contributed by atoms with Crippen LogP contribution in [-0.4, -0.2) is 24.7 Å². The lowest BCUT2D eigenvalue weighted by atomic mass is 10.2. The minimum atomic E-state index is -1.76. The summed E-state index contributed by atoms with van der Waals surface area (Å²) in [6.07, 6.45) is 0.494. The third-order valence-electron chi connectivity index (χ3n) is 1.98. The fourth-order valence-electron chi connectivity index (χ4n) is 1.23. The van der Waals surface area contributed by atoms with Gasteiger partial charge >= 0.3 is 0 Å². The van der Waals surface area contributed by atoms with Crippen molar-refractivity contribution >= 4 is 22.4 Å². The lowest BCUT2D eigenvalue weighted by molar-refractivity contribution is 0.563. The summed E-state index contributed by atoms with van der Waals surface area (Å²) >= 11 is -0.302. The van der Waals surface area contributed by atoms with Crippen LogP contribution < -0.4 is 0 Å². The predicted molar refractivity (Wildman–Crippen MR) is 64.7 cm³/mol. The molecule has 4 nitrogen and oxygen atoms in total. The van der Waals surface area contributed by atoms with Gasteiger partial charge in [0.15, 0.2) is 11.1 Å². The summed E-state index contributed by atoms with van der Waals surface area (Å²) in [7, 11) is 0. The summed E-state index contributed by atoms with van der Waals surface area (Å²) in [5, 5.41) is 9.68. The first-order chi connectivity index (χ1) is 7.75. The van der Waals surface area contributed by atoms with Crippen molar-refractivity contribution in [1.82, 2.24) is 10.2 Å². The molecule has 0 spiro atoms. The summed E-state index contributed by atoms with van der Waals surface area (Å²) in [5.74, 6) is 0.212. The fraction of sp³-hybridized carbons (Fsp3) is 0.200. The summed E-state index contributed by atoms with van der Waals surface area (Å²) in [5.41, 5.74) is 1.02. The molecule has 0 saturated carbocycles. The van der Waals surface area contributed by atoms with Crippen LogP contribution >= 0.6 is 11.3 Å². The van der Waals surface area contributed by atoms with Crippen LogP contribution in [-0.2, 0) is 17.5 Å². The molecule has 0 aliphatic heterocycles. The van der Waals surface area contributed by atoms with E-state index in [-0.39, 0.29) is 5.75 Å². The van der Waals surface area contributed by atoms with Crippen LogP contribution in [0.1, 0.15) is 5.01 Å². The molecule has 16 heavy (non-hydrogen) atoms. The molecule has 0 fully saturated rings. The Bertz CT molecular complexity index is 485. The third kappa shape index (κ3) is 2.94. The number of benzene rings is 1. The second kappa shape index (κ2) is 5.29. The van der Waals surface area contributed by atoms with E-state index < -0.39 is 11.1 Å². The Morgan fingerprint density at radius 3 is 2.69 bits per heavy atom. The Kier molecular flexibility index (Phi) is 3.76. The Hall–Kier alpha value is -1.11. The quantitative estimate of drug-likeness (QED) is 0.847. The van der Waals surface area contributed by atoms with Crippen LogP contribution in [0, 0.1) is 0 Å². The standard InChI is InChI=1S/C10H10N2O2S2/c13-16(14)7-6-9-11-12-10(15-9)8-4-2-1-3-5-8/h1-5H,6-7H2,(H,13,14). The van der Waals surface area contributed by atoms with E-state index in [0.29, 0.717) is 6.42 Å². The van der Waals surface area contributed by atoms with Crippen molar-refractivity contribution in [2.24, 2.45) is 0 Å². The van der Waals surface area contributed by atoms with E-state index in [1.54, 1.807) is 0 Å². The molecular formula is C10H10N2O2S2. The van der Waals surface area contributed by atoms with Crippen LogP contribution in [0.3, 0.4) is 0 Å². The molecule has 0 saturated heterocycles. The third-order valence-corrected chi connectivity index (χ3v) is 3.56. The van der Waals surface area contributed by atoms with Crippen molar-refractivity contribution < 1.29 is 8.76 Å². The number of hydrogen-bond donors (Lipinski definition) is 1. The molecule has 1 N–H and O–H groups in total. The van der Waals surface area contributed by atoms with E-state index in [4.69, 9.17) is 4.55 Å². The van der Waals surface area contributed by atoms with E-state index in [0.717, 1.165) is 15.6 Å². The highest BCUT2D eigenvalue weighted by Crippen LogP contribution is 2.23. The van der Waals surface area contributed by atoms with Gasteiger partial charge in [0.1, 0.15) is 10.0 Å². The topological polar surface area (TPSA) is 63.1 Å². The monoisotopic (exact) mass is 254 g/mol. The molecule has 0 aliphatic rings. The number of rotatable bonds is 4. The van der Waals surface area contributed by atoms with Crippen LogP contribution in [0.2, 0.25) is 0 Å². The molecule has 84 valence electrons. The van der Waals surface area contributed by atoms with Crippen molar-refractivity contribution in [3.05, 3.63) is 35.3 Å². The minimum absolute atomic E-state index is 0.212. The van der Waals surface area contributed by atoms with Crippen molar-refractivity contribution in [2.45, 2.75) is 6.42 Å². The van der Waals surface area contributed by atoms with Gasteiger partial charge in [-0.1, -0.05) is 41.7 Å². The number of aryl methyl sites for hydroxylation is 1. The largest absolute Gasteiger partial charge is 0.306 e. The zero-order chi connectivity index (χ0) is 11.4. The second-order valence-corrected chi connectivity index (χ2v) is 5.26. The molecule has 1 aromatic carbocycles. The van der Waals surface area contributed by atoms with E-state index in [1.807, 2.05) is 30.3 Å². The molecule has 0 radical (unpaired) electrons. The molecule has 2 rings (SSSR count). The molecule has 2 aromatic rings. The molecule has 1 atom stereocenters. The average molecular weight is 254 g/mol. The van der Waals surface area contributed by atoms with E-state index in [1.165, 1.54) is 11.3 Å². The van der Waals surface area contributed by atoms with Gasteiger partial charge in [0, 0.05) is 12.0 Å². The van der Waals surface area contributed by atoms with Crippen LogP contribution in [0.15, 0.2) is 30.3 Å². The molecule has 6 heteroatoms. The zero-order valence-corrected chi connectivity index (χ0v) is 10.0. The van der Waals surface area contributed by atoms with Gasteiger partial charge in [-0.2, -0.15) is 0 Å². The van der Waals surface area contributed by atoms with Crippen LogP contribution in [0.4, 0.5) is 0 Å². The van der Waals surface area contributed by atoms with Gasteiger partial charge in [-0.15, -0.1) is 10.2 Å². The lowest BCUT2D eigenvalue weighted by Crippen LogP contribution is -1.98. The van der Waals surface area contributed by atoms with Crippen LogP contribution in [0.25, 0.3) is 10.6 Å².